The second kappa shape index (κ2) is 6.07. The Balaban J connectivity index is 2.24. The quantitative estimate of drug-likeness (QED) is 0.852. The Kier molecular flexibility index (Phi) is 4.42. The number of amides is 1. The highest BCUT2D eigenvalue weighted by atomic mass is 16.5. The van der Waals surface area contributed by atoms with Gasteiger partial charge in [-0.05, 0) is 40.0 Å². The molecule has 0 aliphatic carbocycles. The number of ether oxygens (including phenoxy) is 1. The first-order valence-electron chi connectivity index (χ1n) is 7.05. The van der Waals surface area contributed by atoms with Crippen LogP contribution in [-0.2, 0) is 9.53 Å². The van der Waals surface area contributed by atoms with Gasteiger partial charge in [-0.15, -0.1) is 0 Å². The number of nitrogens with one attached hydrogen (secondary N) is 1. The number of hydrogen-bond acceptors (Lipinski definition) is 4. The van der Waals surface area contributed by atoms with Gasteiger partial charge in [-0.2, -0.15) is 5.10 Å². The summed E-state index contributed by atoms with van der Waals surface area (Å²) in [4.78, 5) is 26.3. The van der Waals surface area contributed by atoms with Crippen LogP contribution in [0.25, 0.3) is 0 Å². The van der Waals surface area contributed by atoms with Crippen LogP contribution in [0, 0.1) is 13.8 Å². The Morgan fingerprint density at radius 3 is 2.75 bits per heavy atom. The molecule has 1 amide bonds. The molecule has 1 aromatic heterocycles. The summed E-state index contributed by atoms with van der Waals surface area (Å²) in [5, 5.41) is 6.86. The fraction of sp³-hybridized carbons (Fsp3) is 0.643. The van der Waals surface area contributed by atoms with E-state index in [0.717, 1.165) is 18.5 Å². The van der Waals surface area contributed by atoms with Crippen LogP contribution in [0.1, 0.15) is 47.9 Å². The van der Waals surface area contributed by atoms with Gasteiger partial charge < -0.3 is 9.64 Å². The fourth-order valence-electron chi connectivity index (χ4n) is 2.67. The number of nitrogens with zero attached hydrogens (tertiary/aromatic N) is 2. The van der Waals surface area contributed by atoms with Crippen molar-refractivity contribution < 1.29 is 14.3 Å². The Morgan fingerprint density at radius 2 is 2.15 bits per heavy atom. The molecule has 0 radical (unpaired) electrons. The Labute approximate surface area is 118 Å². The van der Waals surface area contributed by atoms with Gasteiger partial charge in [0.15, 0.2) is 0 Å². The van der Waals surface area contributed by atoms with Crippen LogP contribution in [0.2, 0.25) is 0 Å². The van der Waals surface area contributed by atoms with Crippen molar-refractivity contribution in [2.24, 2.45) is 0 Å². The lowest BCUT2D eigenvalue weighted by Crippen LogP contribution is -2.48. The zero-order valence-corrected chi connectivity index (χ0v) is 12.2. The molecule has 6 nitrogen and oxygen atoms in total. The van der Waals surface area contributed by atoms with E-state index in [1.54, 1.807) is 18.7 Å². The lowest BCUT2D eigenvalue weighted by atomic mass is 10.0. The highest BCUT2D eigenvalue weighted by Gasteiger charge is 2.35. The number of likely N-dealkylation sites (tertiary alicyclic amines) is 1. The number of aryl methyl sites for hydroxylation is 2. The third kappa shape index (κ3) is 2.69. The molecule has 2 rings (SSSR count). The van der Waals surface area contributed by atoms with E-state index in [0.29, 0.717) is 30.8 Å². The molecule has 0 spiro atoms. The summed E-state index contributed by atoms with van der Waals surface area (Å²) in [6, 6.07) is -0.468. The van der Waals surface area contributed by atoms with E-state index in [1.807, 2.05) is 6.92 Å². The largest absolute Gasteiger partial charge is 0.464 e. The molecule has 1 unspecified atom stereocenters. The highest BCUT2D eigenvalue weighted by Crippen LogP contribution is 2.22. The fourth-order valence-corrected chi connectivity index (χ4v) is 2.67. The zero-order valence-electron chi connectivity index (χ0n) is 12.2. The molecule has 20 heavy (non-hydrogen) atoms. The van der Waals surface area contributed by atoms with Gasteiger partial charge in [0.2, 0.25) is 0 Å². The molecule has 1 N–H and O–H groups in total. The molecule has 1 aromatic rings. The van der Waals surface area contributed by atoms with Gasteiger partial charge in [0, 0.05) is 12.2 Å². The van der Waals surface area contributed by atoms with Crippen LogP contribution in [0.3, 0.4) is 0 Å². The van der Waals surface area contributed by atoms with E-state index in [2.05, 4.69) is 10.2 Å². The summed E-state index contributed by atoms with van der Waals surface area (Å²) < 4.78 is 5.08. The van der Waals surface area contributed by atoms with Crippen LogP contribution in [0.5, 0.6) is 0 Å². The first-order chi connectivity index (χ1) is 9.56. The minimum absolute atomic E-state index is 0.133. The predicted molar refractivity (Wildman–Crippen MR) is 73.4 cm³/mol. The van der Waals surface area contributed by atoms with Crippen LogP contribution < -0.4 is 0 Å². The second-order valence-corrected chi connectivity index (χ2v) is 5.07. The minimum Gasteiger partial charge on any atom is -0.464 e. The predicted octanol–water partition coefficient (Wildman–Crippen LogP) is 1.58. The lowest BCUT2D eigenvalue weighted by Gasteiger charge is -2.34. The number of carbonyl (C=O) groups is 2. The number of aromatic amines is 1. The molecule has 0 aromatic carbocycles. The van der Waals surface area contributed by atoms with Crippen LogP contribution >= 0.6 is 0 Å². The van der Waals surface area contributed by atoms with Crippen LogP contribution in [-0.4, -0.2) is 46.2 Å². The molecule has 0 saturated carbocycles. The normalized spacial score (nSPS) is 18.9. The summed E-state index contributed by atoms with van der Waals surface area (Å²) in [7, 11) is 0. The summed E-state index contributed by atoms with van der Waals surface area (Å²) in [5.41, 5.74) is 1.97. The molecular formula is C14H21N3O3. The van der Waals surface area contributed by atoms with Crippen LogP contribution in [0.4, 0.5) is 0 Å². The minimum atomic E-state index is -0.468. The third-order valence-corrected chi connectivity index (χ3v) is 3.66. The molecule has 0 bridgehead atoms. The topological polar surface area (TPSA) is 75.3 Å². The molecule has 1 aliphatic rings. The van der Waals surface area contributed by atoms with Gasteiger partial charge in [0.1, 0.15) is 6.04 Å². The van der Waals surface area contributed by atoms with Gasteiger partial charge in [-0.3, -0.25) is 9.89 Å². The van der Waals surface area contributed by atoms with Crippen molar-refractivity contribution in [1.82, 2.24) is 15.1 Å². The number of aromatic nitrogens is 2. The standard InChI is InChI=1S/C14H21N3O3/c1-4-20-14(19)11-7-5-6-8-17(11)13(18)12-9(2)15-16-10(12)3/h11H,4-8H2,1-3H3,(H,15,16). The lowest BCUT2D eigenvalue weighted by molar-refractivity contribution is -0.149. The van der Waals surface area contributed by atoms with E-state index >= 15 is 0 Å². The van der Waals surface area contributed by atoms with Gasteiger partial charge in [0.25, 0.3) is 5.91 Å². The number of hydrogen-bond donors (Lipinski definition) is 1. The average molecular weight is 279 g/mol. The summed E-state index contributed by atoms with van der Waals surface area (Å²) >= 11 is 0. The number of carbonyl (C=O) groups excluding carboxylic acids is 2. The maximum Gasteiger partial charge on any atom is 0.328 e. The van der Waals surface area contributed by atoms with Crippen molar-refractivity contribution >= 4 is 11.9 Å². The van der Waals surface area contributed by atoms with Crippen molar-refractivity contribution in [1.29, 1.82) is 0 Å². The van der Waals surface area contributed by atoms with Gasteiger partial charge in [-0.1, -0.05) is 0 Å². The molecule has 1 saturated heterocycles. The molecule has 1 aliphatic heterocycles. The molecule has 1 fully saturated rings. The maximum atomic E-state index is 12.7. The Morgan fingerprint density at radius 1 is 1.40 bits per heavy atom. The third-order valence-electron chi connectivity index (χ3n) is 3.66. The van der Waals surface area contributed by atoms with Crippen molar-refractivity contribution in [3.05, 3.63) is 17.0 Å². The smallest absolute Gasteiger partial charge is 0.328 e. The number of esters is 1. The monoisotopic (exact) mass is 279 g/mol. The Bertz CT molecular complexity index is 490. The average Bonchev–Trinajstić information content (AvgIpc) is 2.78. The number of piperidine rings is 1. The molecule has 2 heterocycles. The van der Waals surface area contributed by atoms with Gasteiger partial charge in [0.05, 0.1) is 17.9 Å². The second-order valence-electron chi connectivity index (χ2n) is 5.07. The first-order valence-corrected chi connectivity index (χ1v) is 7.05. The van der Waals surface area contributed by atoms with Crippen molar-refractivity contribution in [2.45, 2.75) is 46.1 Å². The Hall–Kier alpha value is -1.85. The summed E-state index contributed by atoms with van der Waals surface area (Å²) in [6.07, 6.45) is 2.52. The van der Waals surface area contributed by atoms with Crippen LogP contribution in [0.15, 0.2) is 0 Å². The maximum absolute atomic E-state index is 12.7. The van der Waals surface area contributed by atoms with E-state index in [1.165, 1.54) is 0 Å². The van der Waals surface area contributed by atoms with Crippen molar-refractivity contribution in [2.75, 3.05) is 13.2 Å². The van der Waals surface area contributed by atoms with E-state index < -0.39 is 6.04 Å². The highest BCUT2D eigenvalue weighted by molar-refractivity contribution is 5.98. The summed E-state index contributed by atoms with van der Waals surface area (Å²) in [6.45, 7) is 6.31. The molecule has 1 atom stereocenters. The van der Waals surface area contributed by atoms with Gasteiger partial charge >= 0.3 is 5.97 Å². The van der Waals surface area contributed by atoms with E-state index in [-0.39, 0.29) is 11.9 Å². The van der Waals surface area contributed by atoms with E-state index in [4.69, 9.17) is 4.74 Å². The van der Waals surface area contributed by atoms with E-state index in [9.17, 15) is 9.59 Å². The zero-order chi connectivity index (χ0) is 14.7. The molecular weight excluding hydrogens is 258 g/mol. The number of rotatable bonds is 3. The SMILES string of the molecule is CCOC(=O)C1CCCCN1C(=O)c1c(C)n[nH]c1C. The van der Waals surface area contributed by atoms with Gasteiger partial charge in [-0.25, -0.2) is 4.79 Å². The number of H-pyrrole nitrogens is 1. The molecule has 6 heteroatoms. The molecule has 110 valence electrons. The first kappa shape index (κ1) is 14.6. The summed E-state index contributed by atoms with van der Waals surface area (Å²) in [5.74, 6) is -0.439. The van der Waals surface area contributed by atoms with Crippen molar-refractivity contribution in [3.63, 3.8) is 0 Å². The van der Waals surface area contributed by atoms with Crippen molar-refractivity contribution in [3.8, 4) is 0 Å².